The fourth-order valence-electron chi connectivity index (χ4n) is 2.37. The molecule has 1 N–H and O–H groups in total. The molecule has 0 amide bonds. The topological polar surface area (TPSA) is 75.7 Å². The van der Waals surface area contributed by atoms with Gasteiger partial charge in [-0.2, -0.15) is 0 Å². The predicted molar refractivity (Wildman–Crippen MR) is 73.3 cm³/mol. The average molecular weight is 292 g/mol. The number of carbonyl (C=O) groups excluding carboxylic acids is 1. The number of carbonyl (C=O) groups is 1. The molecular formula is C12H24N2O4S. The summed E-state index contributed by atoms with van der Waals surface area (Å²) in [6.45, 7) is 5.67. The predicted octanol–water partition coefficient (Wildman–Crippen LogP) is 0.342. The lowest BCUT2D eigenvalue weighted by Gasteiger charge is -2.28. The molecule has 1 atom stereocenters. The Kier molecular flexibility index (Phi) is 6.22. The first-order valence-corrected chi connectivity index (χ1v) is 8.31. The standard InChI is InChI=1S/C12H24N2O4S/c1-10(2)14-7-4-5-11(14)9-13-19(16,17)8-6-12(15)18-3/h10-11,13H,4-9H2,1-3H3/t11-/m0/s1. The van der Waals surface area contributed by atoms with Crippen LogP contribution in [0.4, 0.5) is 0 Å². The van der Waals surface area contributed by atoms with Crippen LogP contribution >= 0.6 is 0 Å². The minimum atomic E-state index is -3.40. The molecule has 1 aliphatic heterocycles. The monoisotopic (exact) mass is 292 g/mol. The third-order valence-electron chi connectivity index (χ3n) is 3.43. The van der Waals surface area contributed by atoms with E-state index in [1.165, 1.54) is 7.11 Å². The first kappa shape index (κ1) is 16.4. The van der Waals surface area contributed by atoms with E-state index >= 15 is 0 Å². The highest BCUT2D eigenvalue weighted by molar-refractivity contribution is 7.89. The lowest BCUT2D eigenvalue weighted by atomic mass is 10.2. The quantitative estimate of drug-likeness (QED) is 0.685. The van der Waals surface area contributed by atoms with Gasteiger partial charge in [-0.05, 0) is 33.2 Å². The molecule has 1 aliphatic rings. The maximum atomic E-state index is 11.7. The van der Waals surface area contributed by atoms with Crippen molar-refractivity contribution in [3.05, 3.63) is 0 Å². The average Bonchev–Trinajstić information content (AvgIpc) is 2.82. The number of nitrogens with one attached hydrogen (secondary N) is 1. The highest BCUT2D eigenvalue weighted by atomic mass is 32.2. The Hall–Kier alpha value is -0.660. The van der Waals surface area contributed by atoms with Crippen molar-refractivity contribution in [3.8, 4) is 0 Å². The molecule has 0 spiro atoms. The summed E-state index contributed by atoms with van der Waals surface area (Å²) >= 11 is 0. The molecule has 0 radical (unpaired) electrons. The lowest BCUT2D eigenvalue weighted by Crippen LogP contribution is -2.43. The van der Waals surface area contributed by atoms with Crippen molar-refractivity contribution in [2.75, 3.05) is 26.0 Å². The summed E-state index contributed by atoms with van der Waals surface area (Å²) < 4.78 is 30.5. The molecule has 0 aliphatic carbocycles. The minimum absolute atomic E-state index is 0.107. The summed E-state index contributed by atoms with van der Waals surface area (Å²) in [6, 6.07) is 0.681. The second-order valence-electron chi connectivity index (χ2n) is 5.12. The maximum Gasteiger partial charge on any atom is 0.306 e. The first-order chi connectivity index (χ1) is 8.85. The molecule has 7 heteroatoms. The highest BCUT2D eigenvalue weighted by Gasteiger charge is 2.27. The van der Waals surface area contributed by atoms with Crippen LogP contribution in [-0.4, -0.2) is 57.3 Å². The SMILES string of the molecule is COC(=O)CCS(=O)(=O)NC[C@@H]1CCCN1C(C)C. The van der Waals surface area contributed by atoms with Gasteiger partial charge in [0.1, 0.15) is 0 Å². The van der Waals surface area contributed by atoms with Crippen LogP contribution in [0.5, 0.6) is 0 Å². The van der Waals surface area contributed by atoms with E-state index in [0.29, 0.717) is 12.6 Å². The van der Waals surface area contributed by atoms with Gasteiger partial charge in [0.05, 0.1) is 19.3 Å². The van der Waals surface area contributed by atoms with Crippen molar-refractivity contribution in [2.24, 2.45) is 0 Å². The van der Waals surface area contributed by atoms with Crippen LogP contribution in [0.3, 0.4) is 0 Å². The zero-order chi connectivity index (χ0) is 14.5. The highest BCUT2D eigenvalue weighted by Crippen LogP contribution is 2.19. The number of nitrogens with zero attached hydrogens (tertiary/aromatic N) is 1. The number of sulfonamides is 1. The Morgan fingerprint density at radius 2 is 2.16 bits per heavy atom. The van der Waals surface area contributed by atoms with Crippen molar-refractivity contribution in [1.29, 1.82) is 0 Å². The molecule has 0 bridgehead atoms. The normalized spacial score (nSPS) is 20.9. The number of hydrogen-bond acceptors (Lipinski definition) is 5. The molecule has 1 rings (SSSR count). The van der Waals surface area contributed by atoms with Crippen LogP contribution in [0, 0.1) is 0 Å². The summed E-state index contributed by atoms with van der Waals surface area (Å²) in [5.41, 5.74) is 0. The van der Waals surface area contributed by atoms with Crippen molar-refractivity contribution < 1.29 is 17.9 Å². The Balaban J connectivity index is 2.40. The van der Waals surface area contributed by atoms with Crippen molar-refractivity contribution in [2.45, 2.75) is 45.2 Å². The molecule has 1 fully saturated rings. The number of likely N-dealkylation sites (tertiary alicyclic amines) is 1. The van der Waals surface area contributed by atoms with Gasteiger partial charge in [-0.1, -0.05) is 0 Å². The molecular weight excluding hydrogens is 268 g/mol. The Morgan fingerprint density at radius 1 is 1.47 bits per heavy atom. The summed E-state index contributed by atoms with van der Waals surface area (Å²) in [6.07, 6.45) is 2.01. The number of methoxy groups -OCH3 is 1. The third-order valence-corrected chi connectivity index (χ3v) is 4.78. The van der Waals surface area contributed by atoms with Gasteiger partial charge in [-0.3, -0.25) is 9.69 Å². The Bertz CT molecular complexity index is 395. The smallest absolute Gasteiger partial charge is 0.306 e. The van der Waals surface area contributed by atoms with Crippen LogP contribution in [0.25, 0.3) is 0 Å². The van der Waals surface area contributed by atoms with E-state index in [1.807, 2.05) is 0 Å². The van der Waals surface area contributed by atoms with Crippen molar-refractivity contribution in [3.63, 3.8) is 0 Å². The van der Waals surface area contributed by atoms with Crippen LogP contribution in [-0.2, 0) is 19.6 Å². The van der Waals surface area contributed by atoms with Crippen molar-refractivity contribution >= 4 is 16.0 Å². The van der Waals surface area contributed by atoms with E-state index in [2.05, 4.69) is 28.2 Å². The van der Waals surface area contributed by atoms with E-state index in [-0.39, 0.29) is 18.2 Å². The molecule has 0 aromatic carbocycles. The molecule has 112 valence electrons. The van der Waals surface area contributed by atoms with Gasteiger partial charge in [0.15, 0.2) is 0 Å². The summed E-state index contributed by atoms with van der Waals surface area (Å²) in [7, 11) is -2.15. The van der Waals surface area contributed by atoms with Crippen molar-refractivity contribution in [1.82, 2.24) is 9.62 Å². The fourth-order valence-corrected chi connectivity index (χ4v) is 3.40. The van der Waals surface area contributed by atoms with E-state index in [1.54, 1.807) is 0 Å². The molecule has 1 saturated heterocycles. The van der Waals surface area contributed by atoms with Gasteiger partial charge in [0.25, 0.3) is 0 Å². The molecule has 1 heterocycles. The summed E-state index contributed by atoms with van der Waals surface area (Å²) in [4.78, 5) is 13.2. The van der Waals surface area contributed by atoms with Gasteiger partial charge in [0, 0.05) is 18.6 Å². The minimum Gasteiger partial charge on any atom is -0.469 e. The van der Waals surface area contributed by atoms with Gasteiger partial charge in [-0.15, -0.1) is 0 Å². The van der Waals surface area contributed by atoms with Crippen LogP contribution in [0.1, 0.15) is 33.1 Å². The zero-order valence-electron chi connectivity index (χ0n) is 11.9. The number of ether oxygens (including phenoxy) is 1. The second-order valence-corrected chi connectivity index (χ2v) is 7.05. The van der Waals surface area contributed by atoms with E-state index in [0.717, 1.165) is 19.4 Å². The van der Waals surface area contributed by atoms with Crippen LogP contribution in [0.15, 0.2) is 0 Å². The largest absolute Gasteiger partial charge is 0.469 e. The number of hydrogen-bond donors (Lipinski definition) is 1. The third kappa shape index (κ3) is 5.46. The molecule has 0 aromatic heterocycles. The molecule has 19 heavy (non-hydrogen) atoms. The van der Waals surface area contributed by atoms with Gasteiger partial charge in [-0.25, -0.2) is 13.1 Å². The van der Waals surface area contributed by atoms with Crippen LogP contribution in [0.2, 0.25) is 0 Å². The van der Waals surface area contributed by atoms with E-state index < -0.39 is 16.0 Å². The van der Waals surface area contributed by atoms with Crippen LogP contribution < -0.4 is 4.72 Å². The molecule has 0 saturated carbocycles. The number of esters is 1. The summed E-state index contributed by atoms with van der Waals surface area (Å²) in [5.74, 6) is -0.719. The fraction of sp³-hybridized carbons (Fsp3) is 0.917. The molecule has 0 unspecified atom stereocenters. The molecule has 0 aromatic rings. The van der Waals surface area contributed by atoms with Gasteiger partial charge < -0.3 is 4.74 Å². The molecule has 6 nitrogen and oxygen atoms in total. The second kappa shape index (κ2) is 7.21. The zero-order valence-corrected chi connectivity index (χ0v) is 12.7. The van der Waals surface area contributed by atoms with E-state index in [4.69, 9.17) is 0 Å². The lowest BCUT2D eigenvalue weighted by molar-refractivity contribution is -0.140. The summed E-state index contributed by atoms with van der Waals surface area (Å²) in [5, 5.41) is 0. The van der Waals surface area contributed by atoms with Gasteiger partial charge in [0.2, 0.25) is 10.0 Å². The van der Waals surface area contributed by atoms with Gasteiger partial charge >= 0.3 is 5.97 Å². The first-order valence-electron chi connectivity index (χ1n) is 6.65. The Labute approximate surface area is 115 Å². The number of rotatable bonds is 7. The maximum absolute atomic E-state index is 11.7. The Morgan fingerprint density at radius 3 is 2.74 bits per heavy atom. The van der Waals surface area contributed by atoms with E-state index in [9.17, 15) is 13.2 Å².